The van der Waals surface area contributed by atoms with Gasteiger partial charge in [-0.3, -0.25) is 4.79 Å². The van der Waals surface area contributed by atoms with Crippen molar-refractivity contribution in [1.82, 2.24) is 0 Å². The maximum absolute atomic E-state index is 15.1. The summed E-state index contributed by atoms with van der Waals surface area (Å²) in [4.78, 5) is 12.6. The second kappa shape index (κ2) is 7.72. The lowest BCUT2D eigenvalue weighted by molar-refractivity contribution is -0.115. The minimum atomic E-state index is -0.310. The van der Waals surface area contributed by atoms with Crippen LogP contribution in [0.2, 0.25) is 0 Å². The van der Waals surface area contributed by atoms with Crippen LogP contribution < -0.4 is 0 Å². The highest BCUT2D eigenvalue weighted by Gasteiger charge is 2.28. The van der Waals surface area contributed by atoms with Gasteiger partial charge in [-0.05, 0) is 52.9 Å². The highest BCUT2D eigenvalue weighted by Crippen LogP contribution is 2.38. The van der Waals surface area contributed by atoms with E-state index < -0.39 is 0 Å². The minimum absolute atomic E-state index is 0.00828. The molecule has 1 nitrogen and oxygen atoms in total. The highest BCUT2D eigenvalue weighted by atomic mass is 35.5. The van der Waals surface area contributed by atoms with Crippen LogP contribution in [0.4, 0.5) is 4.39 Å². The Bertz CT molecular complexity index is 798. The molecule has 1 aliphatic rings. The molecule has 0 saturated heterocycles. The monoisotopic (exact) mass is 410 g/mol. The predicted octanol–water partition coefficient (Wildman–Crippen LogP) is 7.33. The Labute approximate surface area is 172 Å². The van der Waals surface area contributed by atoms with Gasteiger partial charge in [-0.1, -0.05) is 76.9 Å². The Morgan fingerprint density at radius 1 is 1.00 bits per heavy atom. The van der Waals surface area contributed by atoms with Gasteiger partial charge >= 0.3 is 0 Å². The lowest BCUT2D eigenvalue weighted by atomic mass is 9.78. The fourth-order valence-corrected chi connectivity index (χ4v) is 3.80. The number of hydrogen-bond donors (Lipinski definition) is 0. The topological polar surface area (TPSA) is 17.1 Å². The SMILES string of the molecule is CC1=C(Cl)C(Cl)=C(C(=O)CCc2cc(C(C)(C)C)c(F)c(C(C)(C)C)c2)C1. The first-order valence-electron chi connectivity index (χ1n) is 9.34. The van der Waals surface area contributed by atoms with Gasteiger partial charge in [0.25, 0.3) is 0 Å². The van der Waals surface area contributed by atoms with E-state index in [4.69, 9.17) is 23.2 Å². The standard InChI is InChI=1S/C23H29Cl2FO/c1-13-10-15(20(25)19(13)24)18(27)9-8-14-11-16(22(2,3)4)21(26)17(12-14)23(5,6)7/h11-12H,8-10H2,1-7H3. The zero-order valence-corrected chi connectivity index (χ0v) is 18.8. The molecule has 0 fully saturated rings. The molecule has 0 N–H and O–H groups in total. The number of halogens is 3. The van der Waals surface area contributed by atoms with Crippen molar-refractivity contribution in [1.29, 1.82) is 0 Å². The number of allylic oxidation sites excluding steroid dienone is 4. The van der Waals surface area contributed by atoms with Crippen LogP contribution >= 0.6 is 23.2 Å². The molecule has 148 valence electrons. The molecule has 0 aliphatic heterocycles. The van der Waals surface area contributed by atoms with Crippen LogP contribution in [0.3, 0.4) is 0 Å². The van der Waals surface area contributed by atoms with Gasteiger partial charge in [-0.2, -0.15) is 0 Å². The minimum Gasteiger partial charge on any atom is -0.294 e. The zero-order valence-electron chi connectivity index (χ0n) is 17.3. The summed E-state index contributed by atoms with van der Waals surface area (Å²) in [5, 5.41) is 0.871. The number of ketones is 1. The molecular formula is C23H29Cl2FO. The van der Waals surface area contributed by atoms with E-state index in [2.05, 4.69) is 0 Å². The third-order valence-corrected chi connectivity index (χ3v) is 6.03. The Balaban J connectivity index is 2.31. The number of carbonyl (C=O) groups excluding carboxylic acids is 1. The summed E-state index contributed by atoms with van der Waals surface area (Å²) in [5.74, 6) is -0.132. The average molecular weight is 411 g/mol. The molecule has 1 aromatic rings. The second-order valence-electron chi connectivity index (χ2n) is 9.49. The number of rotatable bonds is 4. The summed E-state index contributed by atoms with van der Waals surface area (Å²) in [6, 6.07) is 3.80. The summed E-state index contributed by atoms with van der Waals surface area (Å²) in [5.41, 5.74) is 3.26. The van der Waals surface area contributed by atoms with Gasteiger partial charge in [0.05, 0.1) is 10.1 Å². The molecule has 0 saturated carbocycles. The van der Waals surface area contributed by atoms with Crippen molar-refractivity contribution >= 4 is 29.0 Å². The second-order valence-corrected chi connectivity index (χ2v) is 10.2. The Hall–Kier alpha value is -1.12. The molecule has 0 bridgehead atoms. The van der Waals surface area contributed by atoms with E-state index in [9.17, 15) is 4.79 Å². The van der Waals surface area contributed by atoms with Gasteiger partial charge in [0.15, 0.2) is 5.78 Å². The van der Waals surface area contributed by atoms with E-state index in [1.54, 1.807) is 0 Å². The smallest absolute Gasteiger partial charge is 0.161 e. The van der Waals surface area contributed by atoms with Gasteiger partial charge in [0.2, 0.25) is 0 Å². The third kappa shape index (κ3) is 4.84. The Kier molecular flexibility index (Phi) is 6.34. The maximum atomic E-state index is 15.1. The predicted molar refractivity (Wildman–Crippen MR) is 113 cm³/mol. The third-order valence-electron chi connectivity index (χ3n) is 5.00. The van der Waals surface area contributed by atoms with Gasteiger partial charge < -0.3 is 0 Å². The maximum Gasteiger partial charge on any atom is 0.161 e. The highest BCUT2D eigenvalue weighted by molar-refractivity contribution is 6.46. The van der Waals surface area contributed by atoms with Gasteiger partial charge in [-0.25, -0.2) is 4.39 Å². The van der Waals surface area contributed by atoms with Crippen molar-refractivity contribution < 1.29 is 9.18 Å². The molecule has 4 heteroatoms. The molecule has 0 unspecified atom stereocenters. The Morgan fingerprint density at radius 2 is 1.48 bits per heavy atom. The van der Waals surface area contributed by atoms with Gasteiger partial charge in [-0.15, -0.1) is 0 Å². The van der Waals surface area contributed by atoms with E-state index in [1.807, 2.05) is 60.6 Å². The van der Waals surface area contributed by atoms with Crippen LogP contribution in [0.25, 0.3) is 0 Å². The van der Waals surface area contributed by atoms with Gasteiger partial charge in [0.1, 0.15) is 5.82 Å². The van der Waals surface area contributed by atoms with Crippen molar-refractivity contribution in [2.75, 3.05) is 0 Å². The van der Waals surface area contributed by atoms with E-state index in [0.717, 1.165) is 11.1 Å². The van der Waals surface area contributed by atoms with Crippen molar-refractivity contribution in [2.45, 2.75) is 78.6 Å². The van der Waals surface area contributed by atoms with Gasteiger partial charge in [0, 0.05) is 12.0 Å². The molecule has 0 radical (unpaired) electrons. The van der Waals surface area contributed by atoms with Crippen LogP contribution in [-0.4, -0.2) is 5.78 Å². The summed E-state index contributed by atoms with van der Waals surface area (Å²) >= 11 is 12.3. The summed E-state index contributed by atoms with van der Waals surface area (Å²) in [6.07, 6.45) is 1.40. The van der Waals surface area contributed by atoms with Crippen LogP contribution in [0, 0.1) is 5.82 Å². The molecule has 0 heterocycles. The number of carbonyl (C=O) groups is 1. The number of benzene rings is 1. The molecule has 0 spiro atoms. The molecule has 1 aliphatic carbocycles. The lowest BCUT2D eigenvalue weighted by Crippen LogP contribution is -2.21. The first-order chi connectivity index (χ1) is 12.2. The van der Waals surface area contributed by atoms with Crippen LogP contribution in [0.1, 0.15) is 78.0 Å². The quantitative estimate of drug-likeness (QED) is 0.507. The zero-order chi connectivity index (χ0) is 20.7. The first kappa shape index (κ1) is 22.2. The number of hydrogen-bond acceptors (Lipinski definition) is 1. The van der Waals surface area contributed by atoms with Crippen LogP contribution in [0.5, 0.6) is 0 Å². The fraction of sp³-hybridized carbons (Fsp3) is 0.522. The normalized spacial score (nSPS) is 15.8. The fourth-order valence-electron chi connectivity index (χ4n) is 3.29. The number of aryl methyl sites for hydroxylation is 1. The molecule has 2 rings (SSSR count). The first-order valence-corrected chi connectivity index (χ1v) is 10.1. The molecule has 27 heavy (non-hydrogen) atoms. The van der Waals surface area contributed by atoms with Crippen LogP contribution in [-0.2, 0) is 22.0 Å². The lowest BCUT2D eigenvalue weighted by Gasteiger charge is -2.27. The molecule has 1 aromatic carbocycles. The molecule has 0 aromatic heterocycles. The van der Waals surface area contributed by atoms with E-state index in [-0.39, 0.29) is 22.4 Å². The van der Waals surface area contributed by atoms with Crippen molar-refractivity contribution in [3.63, 3.8) is 0 Å². The average Bonchev–Trinajstić information content (AvgIpc) is 2.79. The van der Waals surface area contributed by atoms with Crippen molar-refractivity contribution in [3.05, 3.63) is 55.9 Å². The largest absolute Gasteiger partial charge is 0.294 e. The van der Waals surface area contributed by atoms with Crippen molar-refractivity contribution in [2.24, 2.45) is 0 Å². The summed E-state index contributed by atoms with van der Waals surface area (Å²) < 4.78 is 15.1. The molecule has 0 amide bonds. The summed E-state index contributed by atoms with van der Waals surface area (Å²) in [6.45, 7) is 13.9. The molecule has 0 atom stereocenters. The number of Topliss-reactive ketones (excluding diaryl/α,β-unsaturated/α-hetero) is 1. The van der Waals surface area contributed by atoms with Crippen LogP contribution in [0.15, 0.2) is 33.3 Å². The van der Waals surface area contributed by atoms with E-state index >= 15 is 4.39 Å². The summed E-state index contributed by atoms with van der Waals surface area (Å²) in [7, 11) is 0. The van der Waals surface area contributed by atoms with E-state index in [0.29, 0.717) is 46.0 Å². The van der Waals surface area contributed by atoms with E-state index in [1.165, 1.54) is 0 Å². The van der Waals surface area contributed by atoms with Crippen molar-refractivity contribution in [3.8, 4) is 0 Å². The Morgan fingerprint density at radius 3 is 1.85 bits per heavy atom. The molecular weight excluding hydrogens is 382 g/mol.